The average Bonchev–Trinajstić information content (AvgIpc) is 2.87. The molecule has 0 aliphatic carbocycles. The first-order chi connectivity index (χ1) is 12.3. The van der Waals surface area contributed by atoms with Crippen molar-refractivity contribution in [1.82, 2.24) is 0 Å². The molecule has 0 aromatic heterocycles. The van der Waals surface area contributed by atoms with E-state index in [-0.39, 0.29) is 11.6 Å². The lowest BCUT2D eigenvalue weighted by molar-refractivity contribution is -0.112. The Bertz CT molecular complexity index is 883. The molecule has 1 heterocycles. The number of carbonyl (C=O) groups excluding carboxylic acids is 1. The van der Waals surface area contributed by atoms with E-state index in [4.69, 9.17) is 4.74 Å². The van der Waals surface area contributed by atoms with E-state index in [9.17, 15) is 9.00 Å². The van der Waals surface area contributed by atoms with E-state index in [1.54, 1.807) is 12.0 Å². The summed E-state index contributed by atoms with van der Waals surface area (Å²) < 4.78 is 21.4. The van der Waals surface area contributed by atoms with Crippen molar-refractivity contribution in [1.29, 1.82) is 0 Å². The van der Waals surface area contributed by atoms with Gasteiger partial charge in [0.05, 0.1) is 24.1 Å². The van der Waals surface area contributed by atoms with Gasteiger partial charge < -0.3 is 9.64 Å². The SMILES string of the molecule is COc1ccc(CN2C(=O)/C(=N\[S@](=O)C(C)(C)C)c3ccccc32)cc1. The third-order valence-corrected chi connectivity index (χ3v) is 5.49. The van der Waals surface area contributed by atoms with Gasteiger partial charge in [0.25, 0.3) is 5.91 Å². The number of amides is 1. The fraction of sp³-hybridized carbons (Fsp3) is 0.300. The Labute approximate surface area is 156 Å². The predicted molar refractivity (Wildman–Crippen MR) is 105 cm³/mol. The van der Waals surface area contributed by atoms with Gasteiger partial charge in [0.1, 0.15) is 22.4 Å². The normalized spacial score (nSPS) is 16.7. The van der Waals surface area contributed by atoms with E-state index in [2.05, 4.69) is 4.40 Å². The van der Waals surface area contributed by atoms with Gasteiger partial charge in [-0.25, -0.2) is 4.21 Å². The summed E-state index contributed by atoms with van der Waals surface area (Å²) in [6, 6.07) is 15.1. The van der Waals surface area contributed by atoms with E-state index >= 15 is 0 Å². The minimum absolute atomic E-state index is 0.223. The molecule has 1 aliphatic rings. The Kier molecular flexibility index (Phi) is 4.96. The zero-order valence-corrected chi connectivity index (χ0v) is 16.2. The van der Waals surface area contributed by atoms with E-state index in [0.29, 0.717) is 6.54 Å². The van der Waals surface area contributed by atoms with Crippen LogP contribution in [-0.2, 0) is 22.3 Å². The number of hydrogen-bond donors (Lipinski definition) is 0. The first kappa shape index (κ1) is 18.3. The van der Waals surface area contributed by atoms with E-state index in [1.807, 2.05) is 69.3 Å². The Balaban J connectivity index is 1.96. The molecule has 0 N–H and O–H groups in total. The first-order valence-corrected chi connectivity index (χ1v) is 9.47. The number of para-hydroxylation sites is 1. The second-order valence-corrected chi connectivity index (χ2v) is 8.96. The monoisotopic (exact) mass is 370 g/mol. The van der Waals surface area contributed by atoms with E-state index < -0.39 is 15.7 Å². The molecule has 6 heteroatoms. The number of ether oxygens (including phenoxy) is 1. The number of hydrogen-bond acceptors (Lipinski definition) is 3. The second kappa shape index (κ2) is 7.03. The molecule has 2 aromatic rings. The second-order valence-electron chi connectivity index (χ2n) is 7.06. The van der Waals surface area contributed by atoms with E-state index in [0.717, 1.165) is 22.6 Å². The summed E-state index contributed by atoms with van der Waals surface area (Å²) in [5.41, 5.74) is 2.76. The van der Waals surface area contributed by atoms with Gasteiger partial charge in [-0.15, -0.1) is 0 Å². The number of fused-ring (bicyclic) bond motifs is 1. The fourth-order valence-electron chi connectivity index (χ4n) is 2.64. The van der Waals surface area contributed by atoms with Crippen LogP contribution in [0, 0.1) is 0 Å². The fourth-order valence-corrected chi connectivity index (χ4v) is 3.26. The topological polar surface area (TPSA) is 59.0 Å². The summed E-state index contributed by atoms with van der Waals surface area (Å²) in [5.74, 6) is 0.546. The molecule has 26 heavy (non-hydrogen) atoms. The standard InChI is InChI=1S/C20H22N2O3S/c1-20(2,3)26(24)21-18-16-7-5-6-8-17(16)22(19(18)23)13-14-9-11-15(25-4)12-10-14/h5-12H,13H2,1-4H3/b21-18-/t26-/m1/s1. The molecule has 0 fully saturated rings. The highest BCUT2D eigenvalue weighted by Crippen LogP contribution is 2.31. The lowest BCUT2D eigenvalue weighted by Gasteiger charge is -2.17. The molecular formula is C20H22N2O3S. The van der Waals surface area contributed by atoms with Gasteiger partial charge in [0, 0.05) is 5.56 Å². The van der Waals surface area contributed by atoms with Crippen LogP contribution < -0.4 is 9.64 Å². The number of carbonyl (C=O) groups is 1. The first-order valence-electron chi connectivity index (χ1n) is 8.36. The smallest absolute Gasteiger partial charge is 0.278 e. The Hall–Kier alpha value is -2.47. The molecular weight excluding hydrogens is 348 g/mol. The van der Waals surface area contributed by atoms with Crippen LogP contribution in [0.3, 0.4) is 0 Å². The molecule has 0 saturated heterocycles. The Morgan fingerprint density at radius 3 is 2.35 bits per heavy atom. The van der Waals surface area contributed by atoms with Crippen LogP contribution in [0.25, 0.3) is 0 Å². The van der Waals surface area contributed by atoms with Crippen LogP contribution in [0.4, 0.5) is 5.69 Å². The van der Waals surface area contributed by atoms with Crippen molar-refractivity contribution in [3.05, 3.63) is 59.7 Å². The molecule has 136 valence electrons. The Morgan fingerprint density at radius 2 is 1.73 bits per heavy atom. The lowest BCUT2D eigenvalue weighted by Crippen LogP contribution is -2.30. The maximum absolute atomic E-state index is 13.0. The maximum Gasteiger partial charge on any atom is 0.278 e. The summed E-state index contributed by atoms with van der Waals surface area (Å²) in [6.45, 7) is 5.94. The largest absolute Gasteiger partial charge is 0.497 e. The zero-order valence-electron chi connectivity index (χ0n) is 15.4. The predicted octanol–water partition coefficient (Wildman–Crippen LogP) is 3.49. The molecule has 0 spiro atoms. The number of anilines is 1. The van der Waals surface area contributed by atoms with Crippen LogP contribution in [0.5, 0.6) is 5.75 Å². The summed E-state index contributed by atoms with van der Waals surface area (Å²) in [4.78, 5) is 14.7. The third kappa shape index (κ3) is 3.55. The molecule has 5 nitrogen and oxygen atoms in total. The Morgan fingerprint density at radius 1 is 1.08 bits per heavy atom. The van der Waals surface area contributed by atoms with Crippen LogP contribution >= 0.6 is 0 Å². The van der Waals surface area contributed by atoms with E-state index in [1.165, 1.54) is 0 Å². The molecule has 0 radical (unpaired) electrons. The molecule has 3 rings (SSSR count). The minimum atomic E-state index is -1.50. The van der Waals surface area contributed by atoms with Crippen LogP contribution in [0.2, 0.25) is 0 Å². The highest BCUT2D eigenvalue weighted by molar-refractivity contribution is 7.85. The van der Waals surface area contributed by atoms with Crippen molar-refractivity contribution < 1.29 is 13.7 Å². The number of methoxy groups -OCH3 is 1. The van der Waals surface area contributed by atoms with Crippen molar-refractivity contribution in [2.75, 3.05) is 12.0 Å². The van der Waals surface area contributed by atoms with Crippen molar-refractivity contribution >= 4 is 28.3 Å². The molecule has 2 aromatic carbocycles. The average molecular weight is 370 g/mol. The van der Waals surface area contributed by atoms with Crippen LogP contribution in [0.1, 0.15) is 31.9 Å². The molecule has 1 aliphatic heterocycles. The van der Waals surface area contributed by atoms with Crippen molar-refractivity contribution in [3.8, 4) is 5.75 Å². The summed E-state index contributed by atoms with van der Waals surface area (Å²) in [5, 5.41) is 0. The van der Waals surface area contributed by atoms with Gasteiger partial charge in [-0.05, 0) is 44.5 Å². The van der Waals surface area contributed by atoms with Crippen LogP contribution in [-0.4, -0.2) is 27.7 Å². The quantitative estimate of drug-likeness (QED) is 0.828. The minimum Gasteiger partial charge on any atom is -0.497 e. The zero-order chi connectivity index (χ0) is 18.9. The molecule has 0 bridgehead atoms. The molecule has 0 unspecified atom stereocenters. The number of nitrogens with zero attached hydrogens (tertiary/aromatic N) is 2. The van der Waals surface area contributed by atoms with Gasteiger partial charge in [0.15, 0.2) is 0 Å². The molecule has 1 amide bonds. The highest BCUT2D eigenvalue weighted by atomic mass is 32.2. The van der Waals surface area contributed by atoms with Gasteiger partial charge in [-0.3, -0.25) is 4.79 Å². The van der Waals surface area contributed by atoms with Crippen LogP contribution in [0.15, 0.2) is 52.9 Å². The van der Waals surface area contributed by atoms with Gasteiger partial charge in [0.2, 0.25) is 0 Å². The number of rotatable bonds is 4. The molecule has 1 atom stereocenters. The van der Waals surface area contributed by atoms with Gasteiger partial charge in [-0.1, -0.05) is 30.3 Å². The van der Waals surface area contributed by atoms with Crippen molar-refractivity contribution in [3.63, 3.8) is 0 Å². The van der Waals surface area contributed by atoms with Crippen molar-refractivity contribution in [2.45, 2.75) is 32.1 Å². The summed E-state index contributed by atoms with van der Waals surface area (Å²) >= 11 is 0. The number of benzene rings is 2. The maximum atomic E-state index is 13.0. The summed E-state index contributed by atoms with van der Waals surface area (Å²) in [6.07, 6.45) is 0. The van der Waals surface area contributed by atoms with Crippen molar-refractivity contribution in [2.24, 2.45) is 4.40 Å². The third-order valence-electron chi connectivity index (χ3n) is 4.10. The molecule has 0 saturated carbocycles. The van der Waals surface area contributed by atoms with Gasteiger partial charge in [-0.2, -0.15) is 4.40 Å². The summed E-state index contributed by atoms with van der Waals surface area (Å²) in [7, 11) is 0.121. The highest BCUT2D eigenvalue weighted by Gasteiger charge is 2.35. The lowest BCUT2D eigenvalue weighted by atomic mass is 10.1. The van der Waals surface area contributed by atoms with Gasteiger partial charge >= 0.3 is 0 Å².